The van der Waals surface area contributed by atoms with Crippen molar-refractivity contribution < 1.29 is 28.4 Å². The summed E-state index contributed by atoms with van der Waals surface area (Å²) < 4.78 is 15.2. The van der Waals surface area contributed by atoms with Gasteiger partial charge in [0.1, 0.15) is 11.3 Å². The van der Waals surface area contributed by atoms with Crippen LogP contribution in [-0.4, -0.2) is 40.6 Å². The molecule has 26 heavy (non-hydrogen) atoms. The number of esters is 2. The van der Waals surface area contributed by atoms with Gasteiger partial charge in [-0.05, 0) is 47.1 Å². The second kappa shape index (κ2) is 7.55. The molecule has 0 fully saturated rings. The zero-order chi connectivity index (χ0) is 19.6. The Hall–Kier alpha value is -2.90. The number of ketones is 1. The molecule has 0 aliphatic rings. The predicted octanol–water partition coefficient (Wildman–Crippen LogP) is 2.84. The Morgan fingerprint density at radius 3 is 2.31 bits per heavy atom. The van der Waals surface area contributed by atoms with Gasteiger partial charge in [0.15, 0.2) is 6.10 Å². The molecule has 0 spiro atoms. The summed E-state index contributed by atoms with van der Waals surface area (Å²) in [6.45, 7) is 9.94. The highest BCUT2D eigenvalue weighted by Crippen LogP contribution is 2.22. The fourth-order valence-corrected chi connectivity index (χ4v) is 2.76. The molecule has 0 radical (unpaired) electrons. The second-order valence-electron chi connectivity index (χ2n) is 5.96. The van der Waals surface area contributed by atoms with Crippen LogP contribution in [0.2, 0.25) is 0 Å². The molecule has 2 aromatic heterocycles. The Balaban J connectivity index is 2.22. The monoisotopic (exact) mass is 362 g/mol. The molecule has 8 nitrogen and oxygen atoms in total. The number of ether oxygens (including phenoxy) is 2. The molecule has 0 amide bonds. The van der Waals surface area contributed by atoms with Crippen LogP contribution in [0.15, 0.2) is 4.52 Å². The van der Waals surface area contributed by atoms with Crippen LogP contribution in [0.1, 0.15) is 67.8 Å². The minimum atomic E-state index is -1.05. The predicted molar refractivity (Wildman–Crippen MR) is 91.4 cm³/mol. The zero-order valence-electron chi connectivity index (χ0n) is 15.7. The van der Waals surface area contributed by atoms with Crippen LogP contribution >= 0.6 is 0 Å². The summed E-state index contributed by atoms with van der Waals surface area (Å²) in [6, 6.07) is 0. The summed E-state index contributed by atoms with van der Waals surface area (Å²) in [6.07, 6.45) is -1.05. The van der Waals surface area contributed by atoms with E-state index in [4.69, 9.17) is 14.0 Å². The lowest BCUT2D eigenvalue weighted by Crippen LogP contribution is -2.25. The number of aromatic amines is 1. The molecule has 1 unspecified atom stereocenters. The van der Waals surface area contributed by atoms with E-state index in [9.17, 15) is 14.4 Å². The molecule has 8 heteroatoms. The fraction of sp³-hybridized carbons (Fsp3) is 0.444. The van der Waals surface area contributed by atoms with Crippen molar-refractivity contribution in [2.45, 2.75) is 47.6 Å². The third-order valence-electron chi connectivity index (χ3n) is 4.05. The molecule has 2 aromatic rings. The van der Waals surface area contributed by atoms with Crippen molar-refractivity contribution in [3.05, 3.63) is 39.5 Å². The Kier molecular flexibility index (Phi) is 5.64. The number of rotatable bonds is 6. The number of hydrogen-bond acceptors (Lipinski definition) is 7. The smallest absolute Gasteiger partial charge is 0.344 e. The first-order valence-electron chi connectivity index (χ1n) is 8.23. The Morgan fingerprint density at radius 2 is 1.77 bits per heavy atom. The zero-order valence-corrected chi connectivity index (χ0v) is 15.7. The van der Waals surface area contributed by atoms with Crippen LogP contribution in [0, 0.1) is 27.7 Å². The van der Waals surface area contributed by atoms with Gasteiger partial charge in [-0.2, -0.15) is 0 Å². The number of H-pyrrole nitrogens is 1. The third kappa shape index (κ3) is 3.54. The van der Waals surface area contributed by atoms with Crippen LogP contribution in [0.4, 0.5) is 0 Å². The number of nitrogens with zero attached hydrogens (tertiary/aromatic N) is 1. The first-order chi connectivity index (χ1) is 12.2. The molecule has 0 aliphatic carbocycles. The van der Waals surface area contributed by atoms with E-state index in [1.165, 1.54) is 6.92 Å². The first kappa shape index (κ1) is 19.4. The number of aromatic nitrogens is 2. The van der Waals surface area contributed by atoms with Crippen molar-refractivity contribution in [3.63, 3.8) is 0 Å². The molecule has 2 rings (SSSR count). The van der Waals surface area contributed by atoms with Crippen molar-refractivity contribution in [2.75, 3.05) is 6.61 Å². The maximum atomic E-state index is 12.7. The Bertz CT molecular complexity index is 842. The van der Waals surface area contributed by atoms with Crippen LogP contribution in [-0.2, 0) is 9.47 Å². The van der Waals surface area contributed by atoms with E-state index in [-0.39, 0.29) is 17.9 Å². The third-order valence-corrected chi connectivity index (χ3v) is 4.05. The van der Waals surface area contributed by atoms with E-state index in [2.05, 4.69) is 10.1 Å². The Morgan fingerprint density at radius 1 is 1.12 bits per heavy atom. The molecule has 1 atom stereocenters. The number of aryl methyl sites for hydroxylation is 3. The van der Waals surface area contributed by atoms with E-state index in [1.807, 2.05) is 0 Å². The van der Waals surface area contributed by atoms with Crippen molar-refractivity contribution in [1.82, 2.24) is 10.1 Å². The molecule has 140 valence electrons. The second-order valence-corrected chi connectivity index (χ2v) is 5.96. The van der Waals surface area contributed by atoms with Gasteiger partial charge in [0.2, 0.25) is 5.78 Å². The van der Waals surface area contributed by atoms with E-state index in [0.29, 0.717) is 28.3 Å². The number of carbonyl (C=O) groups excluding carboxylic acids is 3. The Labute approximate surface area is 150 Å². The maximum Gasteiger partial charge on any atom is 0.344 e. The summed E-state index contributed by atoms with van der Waals surface area (Å²) in [7, 11) is 0. The fourth-order valence-electron chi connectivity index (χ4n) is 2.76. The highest BCUT2D eigenvalue weighted by molar-refractivity contribution is 6.04. The number of Topliss-reactive ketones (excluding diaryl/α,β-unsaturated/α-hetero) is 1. The van der Waals surface area contributed by atoms with Gasteiger partial charge in [0.25, 0.3) is 0 Å². The quantitative estimate of drug-likeness (QED) is 0.621. The summed E-state index contributed by atoms with van der Waals surface area (Å²) >= 11 is 0. The summed E-state index contributed by atoms with van der Waals surface area (Å²) in [5, 5.41) is 3.70. The highest BCUT2D eigenvalue weighted by Gasteiger charge is 2.29. The van der Waals surface area contributed by atoms with Crippen molar-refractivity contribution >= 4 is 17.7 Å². The highest BCUT2D eigenvalue weighted by atomic mass is 16.5. The lowest BCUT2D eigenvalue weighted by atomic mass is 10.1. The van der Waals surface area contributed by atoms with Crippen LogP contribution in [0.25, 0.3) is 0 Å². The van der Waals surface area contributed by atoms with E-state index in [0.717, 1.165) is 0 Å². The van der Waals surface area contributed by atoms with Gasteiger partial charge in [0.05, 0.1) is 23.6 Å². The van der Waals surface area contributed by atoms with Crippen molar-refractivity contribution in [2.24, 2.45) is 0 Å². The molecular formula is C18H22N2O6. The number of nitrogens with one attached hydrogen (secondary N) is 1. The largest absolute Gasteiger partial charge is 0.462 e. The average Bonchev–Trinajstić information content (AvgIpc) is 3.05. The minimum absolute atomic E-state index is 0.205. The molecule has 0 saturated heterocycles. The maximum absolute atomic E-state index is 12.7. The minimum Gasteiger partial charge on any atom is -0.462 e. The van der Waals surface area contributed by atoms with Crippen molar-refractivity contribution in [3.8, 4) is 0 Å². The van der Waals surface area contributed by atoms with Crippen LogP contribution in [0.5, 0.6) is 0 Å². The van der Waals surface area contributed by atoms with Gasteiger partial charge >= 0.3 is 11.9 Å². The molecule has 2 heterocycles. The normalized spacial score (nSPS) is 11.9. The van der Waals surface area contributed by atoms with Crippen molar-refractivity contribution in [1.29, 1.82) is 0 Å². The van der Waals surface area contributed by atoms with E-state index in [1.54, 1.807) is 34.6 Å². The molecule has 0 saturated carbocycles. The van der Waals surface area contributed by atoms with Gasteiger partial charge in [-0.15, -0.1) is 0 Å². The number of hydrogen-bond donors (Lipinski definition) is 1. The molecule has 0 bridgehead atoms. The SMILES string of the molecule is CCOC(=O)c1c(C)[nH]c(C(=O)C(C)OC(=O)c2c(C)noc2C)c1C. The number of carbonyl (C=O) groups is 3. The topological polar surface area (TPSA) is 111 Å². The lowest BCUT2D eigenvalue weighted by molar-refractivity contribution is 0.0314. The summed E-state index contributed by atoms with van der Waals surface area (Å²) in [4.78, 5) is 39.9. The average molecular weight is 362 g/mol. The first-order valence-corrected chi connectivity index (χ1v) is 8.23. The van der Waals surface area contributed by atoms with E-state index < -0.39 is 23.8 Å². The van der Waals surface area contributed by atoms with Gasteiger partial charge in [0, 0.05) is 5.69 Å². The molecule has 0 aliphatic heterocycles. The van der Waals surface area contributed by atoms with Crippen LogP contribution in [0.3, 0.4) is 0 Å². The van der Waals surface area contributed by atoms with Gasteiger partial charge in [-0.25, -0.2) is 9.59 Å². The van der Waals surface area contributed by atoms with Gasteiger partial charge < -0.3 is 19.0 Å². The van der Waals surface area contributed by atoms with E-state index >= 15 is 0 Å². The standard InChI is InChI=1S/C18H22N2O6/c1-7-24-17(22)13-8(2)15(19-9(13)3)16(21)12(6)25-18(23)14-10(4)20-26-11(14)5/h12,19H,7H2,1-6H3. The lowest BCUT2D eigenvalue weighted by Gasteiger charge is -2.12. The van der Waals surface area contributed by atoms with Gasteiger partial charge in [-0.1, -0.05) is 5.16 Å². The van der Waals surface area contributed by atoms with Crippen LogP contribution < -0.4 is 0 Å². The van der Waals surface area contributed by atoms with Gasteiger partial charge in [-0.3, -0.25) is 4.79 Å². The summed E-state index contributed by atoms with van der Waals surface area (Å²) in [5.41, 5.74) is 2.11. The molecule has 1 N–H and O–H groups in total. The molecular weight excluding hydrogens is 340 g/mol. The molecule has 0 aromatic carbocycles. The summed E-state index contributed by atoms with van der Waals surface area (Å²) in [5.74, 6) is -1.31.